The Kier molecular flexibility index (Phi) is 5.77. The first-order valence-electron chi connectivity index (χ1n) is 9.40. The van der Waals surface area contributed by atoms with Crippen LogP contribution in [0.3, 0.4) is 0 Å². The summed E-state index contributed by atoms with van der Waals surface area (Å²) in [5, 5.41) is 17.2. The maximum absolute atomic E-state index is 12.7. The van der Waals surface area contributed by atoms with Crippen LogP contribution in [0, 0.1) is 17.0 Å². The van der Waals surface area contributed by atoms with Gasteiger partial charge in [-0.15, -0.1) is 0 Å². The number of aromatic nitrogens is 1. The monoisotopic (exact) mass is 448 g/mol. The molecule has 2 heterocycles. The van der Waals surface area contributed by atoms with Crippen LogP contribution in [0.15, 0.2) is 71.3 Å². The van der Waals surface area contributed by atoms with Crippen molar-refractivity contribution in [3.05, 3.63) is 93.9 Å². The summed E-state index contributed by atoms with van der Waals surface area (Å²) in [5.74, 6) is -1.02. The number of para-hydroxylation sites is 1. The third-order valence-corrected chi connectivity index (χ3v) is 5.38. The second-order valence-corrected chi connectivity index (χ2v) is 7.72. The Bertz CT molecular complexity index is 1300. The van der Waals surface area contributed by atoms with E-state index in [-0.39, 0.29) is 22.1 Å². The zero-order valence-corrected chi connectivity index (χ0v) is 17.5. The van der Waals surface area contributed by atoms with Gasteiger partial charge in [0.15, 0.2) is 10.9 Å². The van der Waals surface area contributed by atoms with Crippen LogP contribution in [-0.2, 0) is 0 Å². The van der Waals surface area contributed by atoms with Crippen molar-refractivity contribution in [2.75, 3.05) is 10.6 Å². The summed E-state index contributed by atoms with van der Waals surface area (Å²) in [6, 6.07) is 16.3. The number of carbonyl (C=O) groups is 2. The van der Waals surface area contributed by atoms with Crippen molar-refractivity contribution in [1.29, 1.82) is 0 Å². The quantitative estimate of drug-likeness (QED) is 0.311. The standard InChI is InChI=1S/C22H16N4O5S/c1-13-8-10-14(11-9-13)18-21(24-20(28)17-7-4-12-31-17)32-22(23-18)25-19(27)15-5-2-3-6-16(15)26(29)30/h2-12H,1H3,(H,24,28)(H,23,25,27). The number of amides is 2. The second kappa shape index (κ2) is 8.82. The number of thiazole rings is 1. The molecule has 0 atom stereocenters. The molecular formula is C22H16N4O5S. The third kappa shape index (κ3) is 4.40. The number of furan rings is 1. The van der Waals surface area contributed by atoms with Crippen molar-refractivity contribution in [3.8, 4) is 11.3 Å². The molecule has 32 heavy (non-hydrogen) atoms. The van der Waals surface area contributed by atoms with Crippen molar-refractivity contribution in [2.45, 2.75) is 6.92 Å². The van der Waals surface area contributed by atoms with Crippen molar-refractivity contribution < 1.29 is 18.9 Å². The molecule has 0 unspecified atom stereocenters. The average molecular weight is 448 g/mol. The number of nitro benzene ring substituents is 1. The van der Waals surface area contributed by atoms with Gasteiger partial charge in [0.1, 0.15) is 16.3 Å². The highest BCUT2D eigenvalue weighted by Gasteiger charge is 2.22. The molecule has 2 N–H and O–H groups in total. The molecule has 4 rings (SSSR count). The molecular weight excluding hydrogens is 432 g/mol. The molecule has 0 aliphatic rings. The van der Waals surface area contributed by atoms with Gasteiger partial charge < -0.3 is 9.73 Å². The van der Waals surface area contributed by atoms with Crippen LogP contribution in [0.4, 0.5) is 15.8 Å². The minimum atomic E-state index is -0.676. The van der Waals surface area contributed by atoms with Gasteiger partial charge in [0, 0.05) is 11.6 Å². The number of nitrogens with one attached hydrogen (secondary N) is 2. The van der Waals surface area contributed by atoms with Gasteiger partial charge in [0.25, 0.3) is 17.5 Å². The molecule has 0 radical (unpaired) electrons. The molecule has 0 fully saturated rings. The Labute approximate surface area is 185 Å². The van der Waals surface area contributed by atoms with E-state index in [1.807, 2.05) is 31.2 Å². The second-order valence-electron chi connectivity index (χ2n) is 6.72. The highest BCUT2D eigenvalue weighted by Crippen LogP contribution is 2.36. The Hall–Kier alpha value is -4.31. The maximum Gasteiger partial charge on any atom is 0.292 e. The third-order valence-electron chi connectivity index (χ3n) is 4.49. The first kappa shape index (κ1) is 20.9. The predicted octanol–water partition coefficient (Wildman–Crippen LogP) is 5.12. The highest BCUT2D eigenvalue weighted by molar-refractivity contribution is 7.20. The van der Waals surface area contributed by atoms with Gasteiger partial charge in [-0.3, -0.25) is 25.0 Å². The van der Waals surface area contributed by atoms with Crippen molar-refractivity contribution >= 4 is 39.0 Å². The lowest BCUT2D eigenvalue weighted by Gasteiger charge is -2.04. The summed E-state index contributed by atoms with van der Waals surface area (Å²) in [5.41, 5.74) is 1.83. The van der Waals surface area contributed by atoms with Crippen LogP contribution >= 0.6 is 11.3 Å². The normalized spacial score (nSPS) is 10.5. The summed E-state index contributed by atoms with van der Waals surface area (Å²) in [6.07, 6.45) is 1.39. The number of hydrogen-bond acceptors (Lipinski definition) is 7. The van der Waals surface area contributed by atoms with E-state index in [1.165, 1.54) is 36.6 Å². The number of carbonyl (C=O) groups excluding carboxylic acids is 2. The number of aryl methyl sites for hydroxylation is 1. The minimum Gasteiger partial charge on any atom is -0.459 e. The minimum absolute atomic E-state index is 0.0919. The van der Waals surface area contributed by atoms with Gasteiger partial charge in [0.05, 0.1) is 11.2 Å². The molecule has 160 valence electrons. The Balaban J connectivity index is 1.67. The molecule has 10 heteroatoms. The average Bonchev–Trinajstić information content (AvgIpc) is 3.45. The van der Waals surface area contributed by atoms with Crippen molar-refractivity contribution in [1.82, 2.24) is 4.98 Å². The molecule has 9 nitrogen and oxygen atoms in total. The molecule has 2 amide bonds. The van der Waals surface area contributed by atoms with Crippen LogP contribution in [0.5, 0.6) is 0 Å². The fraction of sp³-hybridized carbons (Fsp3) is 0.0455. The summed E-state index contributed by atoms with van der Waals surface area (Å²) in [4.78, 5) is 40.3. The maximum atomic E-state index is 12.7. The van der Waals surface area contributed by atoms with Gasteiger partial charge in [-0.1, -0.05) is 53.3 Å². The molecule has 0 saturated heterocycles. The van der Waals surface area contributed by atoms with Gasteiger partial charge in [-0.05, 0) is 25.1 Å². The zero-order valence-electron chi connectivity index (χ0n) is 16.7. The Morgan fingerprint density at radius 2 is 1.75 bits per heavy atom. The largest absolute Gasteiger partial charge is 0.459 e. The number of nitrogens with zero attached hydrogens (tertiary/aromatic N) is 2. The lowest BCUT2D eigenvalue weighted by atomic mass is 10.1. The summed E-state index contributed by atoms with van der Waals surface area (Å²) in [6.45, 7) is 1.95. The number of anilines is 2. The van der Waals surface area contributed by atoms with E-state index >= 15 is 0 Å². The van der Waals surface area contributed by atoms with E-state index < -0.39 is 16.7 Å². The van der Waals surface area contributed by atoms with E-state index in [4.69, 9.17) is 4.42 Å². The number of nitro groups is 1. The predicted molar refractivity (Wildman–Crippen MR) is 120 cm³/mol. The topological polar surface area (TPSA) is 127 Å². The Morgan fingerprint density at radius 1 is 1.00 bits per heavy atom. The van der Waals surface area contributed by atoms with Crippen LogP contribution in [-0.4, -0.2) is 21.7 Å². The fourth-order valence-corrected chi connectivity index (χ4v) is 3.81. The lowest BCUT2D eigenvalue weighted by Crippen LogP contribution is -2.13. The Morgan fingerprint density at radius 3 is 2.44 bits per heavy atom. The van der Waals surface area contributed by atoms with Gasteiger partial charge >= 0.3 is 0 Å². The molecule has 4 aromatic rings. The first-order valence-corrected chi connectivity index (χ1v) is 10.2. The molecule has 0 bridgehead atoms. The van der Waals surface area contributed by atoms with Crippen LogP contribution < -0.4 is 10.6 Å². The smallest absolute Gasteiger partial charge is 0.292 e. The van der Waals surface area contributed by atoms with Gasteiger partial charge in [0.2, 0.25) is 0 Å². The van der Waals surface area contributed by atoms with E-state index in [2.05, 4.69) is 15.6 Å². The number of hydrogen-bond donors (Lipinski definition) is 2. The van der Waals surface area contributed by atoms with Crippen LogP contribution in [0.2, 0.25) is 0 Å². The molecule has 2 aromatic heterocycles. The van der Waals surface area contributed by atoms with Crippen molar-refractivity contribution in [3.63, 3.8) is 0 Å². The zero-order chi connectivity index (χ0) is 22.7. The molecule has 0 aliphatic heterocycles. The van der Waals surface area contributed by atoms with Gasteiger partial charge in [-0.2, -0.15) is 0 Å². The lowest BCUT2D eigenvalue weighted by molar-refractivity contribution is -0.385. The van der Waals surface area contributed by atoms with Crippen LogP contribution in [0.1, 0.15) is 26.5 Å². The highest BCUT2D eigenvalue weighted by atomic mass is 32.1. The summed E-state index contributed by atoms with van der Waals surface area (Å²) in [7, 11) is 0. The van der Waals surface area contributed by atoms with E-state index in [0.29, 0.717) is 10.7 Å². The fourth-order valence-electron chi connectivity index (χ4n) is 2.93. The summed E-state index contributed by atoms with van der Waals surface area (Å²) >= 11 is 1.03. The van der Waals surface area contributed by atoms with E-state index in [1.54, 1.807) is 6.07 Å². The first-order chi connectivity index (χ1) is 15.4. The van der Waals surface area contributed by atoms with Crippen molar-refractivity contribution in [2.24, 2.45) is 0 Å². The molecule has 0 aliphatic carbocycles. The van der Waals surface area contributed by atoms with Gasteiger partial charge in [-0.25, -0.2) is 4.98 Å². The van der Waals surface area contributed by atoms with E-state index in [0.717, 1.165) is 22.5 Å². The molecule has 0 spiro atoms. The number of rotatable bonds is 6. The number of benzene rings is 2. The molecule has 2 aromatic carbocycles. The SMILES string of the molecule is Cc1ccc(-c2nc(NC(=O)c3ccccc3[N+](=O)[O-])sc2NC(=O)c2ccco2)cc1. The van der Waals surface area contributed by atoms with Crippen LogP contribution in [0.25, 0.3) is 11.3 Å². The summed E-state index contributed by atoms with van der Waals surface area (Å²) < 4.78 is 5.13. The van der Waals surface area contributed by atoms with E-state index in [9.17, 15) is 19.7 Å². The molecule has 0 saturated carbocycles.